The number of benzene rings is 2. The van der Waals surface area contributed by atoms with Gasteiger partial charge in [-0.25, -0.2) is 4.79 Å². The second-order valence-electron chi connectivity index (χ2n) is 7.45. The van der Waals surface area contributed by atoms with Gasteiger partial charge in [0.25, 0.3) is 5.91 Å². The van der Waals surface area contributed by atoms with E-state index in [1.54, 1.807) is 12.1 Å². The van der Waals surface area contributed by atoms with Crippen LogP contribution in [0, 0.1) is 0 Å². The Kier molecular flexibility index (Phi) is 6.14. The summed E-state index contributed by atoms with van der Waals surface area (Å²) >= 11 is 0. The molecule has 1 fully saturated rings. The van der Waals surface area contributed by atoms with Crippen molar-refractivity contribution in [2.75, 3.05) is 33.4 Å². The average molecular weight is 406 g/mol. The lowest BCUT2D eigenvalue weighted by Crippen LogP contribution is -2.40. The normalized spacial score (nSPS) is 14.1. The van der Waals surface area contributed by atoms with Crippen LogP contribution < -0.4 is 0 Å². The van der Waals surface area contributed by atoms with E-state index < -0.39 is 0 Å². The van der Waals surface area contributed by atoms with E-state index in [9.17, 15) is 9.59 Å². The maximum atomic E-state index is 13.1. The molecule has 6 heteroatoms. The van der Waals surface area contributed by atoms with Crippen LogP contribution in [-0.4, -0.2) is 54.8 Å². The molecule has 0 aliphatic carbocycles. The van der Waals surface area contributed by atoms with Crippen molar-refractivity contribution in [3.63, 3.8) is 0 Å². The van der Waals surface area contributed by atoms with E-state index in [1.165, 1.54) is 12.7 Å². The summed E-state index contributed by atoms with van der Waals surface area (Å²) < 4.78 is 12.3. The number of hydrogen-bond acceptors (Lipinski definition) is 4. The molecule has 1 aliphatic heterocycles. The highest BCUT2D eigenvalue weighted by atomic mass is 16.5. The minimum absolute atomic E-state index is 0.0756. The van der Waals surface area contributed by atoms with Gasteiger partial charge in [-0.15, -0.1) is 0 Å². The third-order valence-corrected chi connectivity index (χ3v) is 5.56. The van der Waals surface area contributed by atoms with Crippen LogP contribution >= 0.6 is 0 Å². The first kappa shape index (κ1) is 20.2. The molecule has 4 rings (SSSR count). The largest absolute Gasteiger partial charge is 0.465 e. The van der Waals surface area contributed by atoms with Gasteiger partial charge in [0.2, 0.25) is 0 Å². The van der Waals surface area contributed by atoms with Crippen molar-refractivity contribution in [3.05, 3.63) is 71.4 Å². The molecule has 0 atom stereocenters. The van der Waals surface area contributed by atoms with Crippen LogP contribution in [0.25, 0.3) is 10.9 Å². The molecule has 2 heterocycles. The number of methoxy groups -OCH3 is 1. The van der Waals surface area contributed by atoms with Crippen molar-refractivity contribution in [2.45, 2.75) is 19.4 Å². The van der Waals surface area contributed by atoms with E-state index in [0.29, 0.717) is 31.9 Å². The van der Waals surface area contributed by atoms with Gasteiger partial charge in [0, 0.05) is 36.7 Å². The Balaban J connectivity index is 1.46. The summed E-state index contributed by atoms with van der Waals surface area (Å²) in [5.41, 5.74) is 3.57. The highest BCUT2D eigenvalue weighted by Gasteiger charge is 2.22. The van der Waals surface area contributed by atoms with Crippen LogP contribution in [0.3, 0.4) is 0 Å². The molecule has 1 aliphatic rings. The van der Waals surface area contributed by atoms with Gasteiger partial charge in [-0.1, -0.05) is 30.3 Å². The quantitative estimate of drug-likeness (QED) is 0.588. The monoisotopic (exact) mass is 406 g/mol. The molecule has 0 spiro atoms. The summed E-state index contributed by atoms with van der Waals surface area (Å²) in [4.78, 5) is 26.5. The fourth-order valence-corrected chi connectivity index (χ4v) is 3.92. The Labute approximate surface area is 176 Å². The summed E-state index contributed by atoms with van der Waals surface area (Å²) in [6.07, 6.45) is 3.81. The lowest BCUT2D eigenvalue weighted by Gasteiger charge is -2.26. The van der Waals surface area contributed by atoms with Crippen molar-refractivity contribution in [2.24, 2.45) is 0 Å². The molecule has 6 nitrogen and oxygen atoms in total. The zero-order valence-electron chi connectivity index (χ0n) is 17.2. The van der Waals surface area contributed by atoms with E-state index in [4.69, 9.17) is 9.47 Å². The Morgan fingerprint density at radius 1 is 1.03 bits per heavy atom. The highest BCUT2D eigenvalue weighted by molar-refractivity contribution is 6.07. The number of nitrogens with zero attached hydrogens (tertiary/aromatic N) is 2. The molecule has 0 bridgehead atoms. The number of morpholine rings is 1. The molecule has 0 radical (unpaired) electrons. The van der Waals surface area contributed by atoms with Crippen molar-refractivity contribution in [1.82, 2.24) is 9.47 Å². The smallest absolute Gasteiger partial charge is 0.337 e. The number of fused-ring (bicyclic) bond motifs is 1. The van der Waals surface area contributed by atoms with Crippen LogP contribution in [0.1, 0.15) is 32.7 Å². The van der Waals surface area contributed by atoms with Gasteiger partial charge < -0.3 is 18.9 Å². The lowest BCUT2D eigenvalue weighted by molar-refractivity contribution is 0.0304. The van der Waals surface area contributed by atoms with Crippen molar-refractivity contribution in [1.29, 1.82) is 0 Å². The van der Waals surface area contributed by atoms with Gasteiger partial charge >= 0.3 is 5.97 Å². The van der Waals surface area contributed by atoms with Gasteiger partial charge in [-0.05, 0) is 36.6 Å². The van der Waals surface area contributed by atoms with Gasteiger partial charge in [0.15, 0.2) is 0 Å². The number of rotatable bonds is 6. The number of para-hydroxylation sites is 1. The first-order valence-electron chi connectivity index (χ1n) is 10.3. The highest BCUT2D eigenvalue weighted by Crippen LogP contribution is 2.24. The molecule has 0 N–H and O–H groups in total. The van der Waals surface area contributed by atoms with E-state index >= 15 is 0 Å². The second kappa shape index (κ2) is 9.13. The van der Waals surface area contributed by atoms with Gasteiger partial charge in [-0.2, -0.15) is 0 Å². The maximum absolute atomic E-state index is 13.1. The average Bonchev–Trinajstić information content (AvgIpc) is 3.18. The van der Waals surface area contributed by atoms with E-state index in [0.717, 1.165) is 35.9 Å². The van der Waals surface area contributed by atoms with Crippen molar-refractivity contribution < 1.29 is 19.1 Å². The zero-order chi connectivity index (χ0) is 20.9. The Morgan fingerprint density at radius 3 is 2.50 bits per heavy atom. The Morgan fingerprint density at radius 2 is 1.77 bits per heavy atom. The van der Waals surface area contributed by atoms with Crippen LogP contribution in [0.2, 0.25) is 0 Å². The number of amides is 1. The predicted octanol–water partition coefficient (Wildman–Crippen LogP) is 3.53. The van der Waals surface area contributed by atoms with Crippen LogP contribution in [0.15, 0.2) is 54.7 Å². The fraction of sp³-hybridized carbons (Fsp3) is 0.333. The van der Waals surface area contributed by atoms with Crippen LogP contribution in [0.5, 0.6) is 0 Å². The molecule has 1 amide bonds. The van der Waals surface area contributed by atoms with Crippen LogP contribution in [0.4, 0.5) is 0 Å². The topological polar surface area (TPSA) is 60.8 Å². The lowest BCUT2D eigenvalue weighted by atomic mass is 10.1. The molecule has 1 aromatic heterocycles. The number of esters is 1. The molecule has 30 heavy (non-hydrogen) atoms. The van der Waals surface area contributed by atoms with E-state index in [-0.39, 0.29) is 11.9 Å². The fourth-order valence-electron chi connectivity index (χ4n) is 3.92. The summed E-state index contributed by atoms with van der Waals surface area (Å²) in [7, 11) is 1.38. The summed E-state index contributed by atoms with van der Waals surface area (Å²) in [5.74, 6) is -0.246. The summed E-state index contributed by atoms with van der Waals surface area (Å²) in [6, 6.07) is 15.6. The molecular formula is C24H26N2O4. The van der Waals surface area contributed by atoms with E-state index in [1.807, 2.05) is 41.4 Å². The molecule has 0 unspecified atom stereocenters. The van der Waals surface area contributed by atoms with Crippen molar-refractivity contribution >= 4 is 22.8 Å². The molecule has 1 saturated heterocycles. The minimum Gasteiger partial charge on any atom is -0.465 e. The molecule has 3 aromatic rings. The number of carbonyl (C=O) groups is 2. The van der Waals surface area contributed by atoms with Gasteiger partial charge in [-0.3, -0.25) is 4.79 Å². The van der Waals surface area contributed by atoms with E-state index in [2.05, 4.69) is 10.6 Å². The summed E-state index contributed by atoms with van der Waals surface area (Å²) in [6.45, 7) is 3.29. The van der Waals surface area contributed by atoms with Gasteiger partial charge in [0.05, 0.1) is 31.5 Å². The Bertz CT molecular complexity index is 1030. The minimum atomic E-state index is -0.321. The number of carbonyl (C=O) groups excluding carboxylic acids is 2. The number of ether oxygens (including phenoxy) is 2. The molecule has 156 valence electrons. The number of aryl methyl sites for hydroxylation is 2. The second-order valence-corrected chi connectivity index (χ2v) is 7.45. The maximum Gasteiger partial charge on any atom is 0.337 e. The first-order valence-corrected chi connectivity index (χ1v) is 10.3. The van der Waals surface area contributed by atoms with Gasteiger partial charge in [0.1, 0.15) is 0 Å². The van der Waals surface area contributed by atoms with Crippen molar-refractivity contribution in [3.8, 4) is 0 Å². The summed E-state index contributed by atoms with van der Waals surface area (Å²) in [5, 5.41) is 0.997. The predicted molar refractivity (Wildman–Crippen MR) is 115 cm³/mol. The van der Waals surface area contributed by atoms with Crippen LogP contribution in [-0.2, 0) is 22.4 Å². The third kappa shape index (κ3) is 4.24. The molecule has 0 saturated carbocycles. The Hall–Kier alpha value is -3.12. The standard InChI is InChI=1S/C24H26N2O4/c1-29-24(28)19-10-8-18(9-11-19)5-4-12-26-17-21(20-6-2-3-7-22(20)26)23(27)25-13-15-30-16-14-25/h2-3,6-11,17H,4-5,12-16H2,1H3. The SMILES string of the molecule is COC(=O)c1ccc(CCCn2cc(C(=O)N3CCOCC3)c3ccccc32)cc1. The zero-order valence-corrected chi connectivity index (χ0v) is 17.2. The molecular weight excluding hydrogens is 380 g/mol. The number of aromatic nitrogens is 1. The number of hydrogen-bond donors (Lipinski definition) is 0. The third-order valence-electron chi connectivity index (χ3n) is 5.56. The first-order chi connectivity index (χ1) is 14.7. The molecule has 2 aromatic carbocycles.